The summed E-state index contributed by atoms with van der Waals surface area (Å²) in [4.78, 5) is 22.7. The summed E-state index contributed by atoms with van der Waals surface area (Å²) in [7, 11) is 1.71. The van der Waals surface area contributed by atoms with E-state index >= 15 is 0 Å². The van der Waals surface area contributed by atoms with Gasteiger partial charge in [-0.2, -0.15) is 0 Å². The second-order valence-corrected chi connectivity index (χ2v) is 8.55. The number of halogens is 1. The van der Waals surface area contributed by atoms with Crippen molar-refractivity contribution in [3.05, 3.63) is 101 Å². The highest BCUT2D eigenvalue weighted by Gasteiger charge is 2.16. The topological polar surface area (TPSA) is 61.9 Å². The lowest BCUT2D eigenvalue weighted by Gasteiger charge is -2.17. The molecule has 0 aliphatic heterocycles. The highest BCUT2D eigenvalue weighted by atomic mass is 35.5. The minimum atomic E-state index is -0.179. The molecule has 34 heavy (non-hydrogen) atoms. The Morgan fingerprint density at radius 2 is 1.74 bits per heavy atom. The van der Waals surface area contributed by atoms with E-state index in [0.29, 0.717) is 34.2 Å². The van der Waals surface area contributed by atoms with Gasteiger partial charge in [-0.1, -0.05) is 48.0 Å². The number of nitrogens with zero attached hydrogens (tertiary/aromatic N) is 4. The first kappa shape index (κ1) is 22.1. The van der Waals surface area contributed by atoms with Crippen molar-refractivity contribution >= 4 is 22.5 Å². The Bertz CT molecular complexity index is 1510. The number of para-hydroxylation sites is 1. The van der Waals surface area contributed by atoms with Crippen LogP contribution in [0.5, 0.6) is 0 Å². The third kappa shape index (κ3) is 4.02. The monoisotopic (exact) mass is 470 g/mol. The fraction of sp³-hybridized carbons (Fsp3) is 0.148. The van der Waals surface area contributed by atoms with Gasteiger partial charge >= 0.3 is 0 Å². The first-order chi connectivity index (χ1) is 16.6. The molecule has 5 aromatic rings. The van der Waals surface area contributed by atoms with Gasteiger partial charge < -0.3 is 9.30 Å². The third-order valence-electron chi connectivity index (χ3n) is 5.82. The molecule has 0 bridgehead atoms. The molecule has 0 radical (unpaired) electrons. The standard InChI is InChI=1S/C27H23ClN4O2/c1-18(17-34-2)31-15-5-8-24(31)19-9-11-20(12-10-19)26-30-23-7-4-3-6-22(23)27(33)32(26)25-14-13-21(28)16-29-25/h3-16,18H,17H2,1-2H3. The van der Waals surface area contributed by atoms with Crippen LogP contribution in [0.1, 0.15) is 13.0 Å². The first-order valence-electron chi connectivity index (χ1n) is 11.0. The van der Waals surface area contributed by atoms with E-state index in [0.717, 1.165) is 16.8 Å². The summed E-state index contributed by atoms with van der Waals surface area (Å²) >= 11 is 6.04. The van der Waals surface area contributed by atoms with Crippen molar-refractivity contribution in [2.45, 2.75) is 13.0 Å². The molecule has 0 saturated carbocycles. The summed E-state index contributed by atoms with van der Waals surface area (Å²) < 4.78 is 9.06. The maximum atomic E-state index is 13.5. The molecular formula is C27H23ClN4O2. The van der Waals surface area contributed by atoms with Crippen molar-refractivity contribution in [2.75, 3.05) is 13.7 Å². The average molecular weight is 471 g/mol. The molecule has 6 nitrogen and oxygen atoms in total. The zero-order valence-corrected chi connectivity index (χ0v) is 19.6. The molecule has 1 unspecified atom stereocenters. The van der Waals surface area contributed by atoms with Crippen LogP contribution in [0.3, 0.4) is 0 Å². The van der Waals surface area contributed by atoms with E-state index in [4.69, 9.17) is 21.3 Å². The maximum Gasteiger partial charge on any atom is 0.267 e. The molecule has 7 heteroatoms. The normalized spacial score (nSPS) is 12.2. The van der Waals surface area contributed by atoms with Crippen LogP contribution in [0, 0.1) is 0 Å². The number of benzene rings is 2. The molecule has 0 amide bonds. The summed E-state index contributed by atoms with van der Waals surface area (Å²) in [5.41, 5.74) is 3.43. The summed E-state index contributed by atoms with van der Waals surface area (Å²) in [6, 6.07) is 23.1. The quantitative estimate of drug-likeness (QED) is 0.315. The summed E-state index contributed by atoms with van der Waals surface area (Å²) in [6.45, 7) is 2.75. The number of aromatic nitrogens is 4. The molecule has 0 aliphatic rings. The molecule has 2 aromatic carbocycles. The van der Waals surface area contributed by atoms with Crippen molar-refractivity contribution in [1.29, 1.82) is 0 Å². The summed E-state index contributed by atoms with van der Waals surface area (Å²) in [5.74, 6) is 0.988. The van der Waals surface area contributed by atoms with E-state index in [1.54, 1.807) is 25.3 Å². The van der Waals surface area contributed by atoms with Gasteiger partial charge in [-0.15, -0.1) is 0 Å². The molecular weight excluding hydrogens is 448 g/mol. The van der Waals surface area contributed by atoms with Crippen molar-refractivity contribution in [2.24, 2.45) is 0 Å². The Hall–Kier alpha value is -3.74. The van der Waals surface area contributed by atoms with Crippen LogP contribution in [0.4, 0.5) is 0 Å². The second kappa shape index (κ2) is 9.25. The van der Waals surface area contributed by atoms with Gasteiger partial charge in [0.2, 0.25) is 0 Å². The van der Waals surface area contributed by atoms with Gasteiger partial charge in [-0.25, -0.2) is 14.5 Å². The second-order valence-electron chi connectivity index (χ2n) is 8.11. The van der Waals surface area contributed by atoms with Crippen LogP contribution >= 0.6 is 11.6 Å². The lowest BCUT2D eigenvalue weighted by atomic mass is 10.1. The average Bonchev–Trinajstić information content (AvgIpc) is 3.35. The van der Waals surface area contributed by atoms with Crippen molar-refractivity contribution in [1.82, 2.24) is 19.1 Å². The molecule has 170 valence electrons. The highest BCUT2D eigenvalue weighted by molar-refractivity contribution is 6.30. The van der Waals surface area contributed by atoms with Crippen molar-refractivity contribution < 1.29 is 4.74 Å². The minimum Gasteiger partial charge on any atom is -0.383 e. The van der Waals surface area contributed by atoms with Gasteiger partial charge in [0, 0.05) is 30.8 Å². The van der Waals surface area contributed by atoms with Crippen LogP contribution in [-0.4, -0.2) is 32.8 Å². The molecule has 3 aromatic heterocycles. The number of hydrogen-bond acceptors (Lipinski definition) is 4. The van der Waals surface area contributed by atoms with Crippen LogP contribution < -0.4 is 5.56 Å². The highest BCUT2D eigenvalue weighted by Crippen LogP contribution is 2.28. The van der Waals surface area contributed by atoms with Crippen molar-refractivity contribution in [3.63, 3.8) is 0 Å². The maximum absolute atomic E-state index is 13.5. The number of hydrogen-bond donors (Lipinski definition) is 0. The van der Waals surface area contributed by atoms with E-state index in [9.17, 15) is 4.79 Å². The fourth-order valence-electron chi connectivity index (χ4n) is 4.17. The molecule has 3 heterocycles. The number of rotatable bonds is 6. The number of pyridine rings is 1. The predicted molar refractivity (Wildman–Crippen MR) is 136 cm³/mol. The molecule has 0 aliphatic carbocycles. The zero-order valence-electron chi connectivity index (χ0n) is 18.9. The molecule has 0 N–H and O–H groups in total. The van der Waals surface area contributed by atoms with E-state index in [-0.39, 0.29) is 11.6 Å². The minimum absolute atomic E-state index is 0.179. The number of methoxy groups -OCH3 is 1. The Morgan fingerprint density at radius 3 is 2.47 bits per heavy atom. The van der Waals surface area contributed by atoms with Gasteiger partial charge in [0.25, 0.3) is 5.56 Å². The third-order valence-corrected chi connectivity index (χ3v) is 6.04. The Kier molecular flexibility index (Phi) is 6.01. The number of ether oxygens (including phenoxy) is 1. The van der Waals surface area contributed by atoms with Crippen LogP contribution in [-0.2, 0) is 4.74 Å². The van der Waals surface area contributed by atoms with Crippen LogP contribution in [0.15, 0.2) is 90.0 Å². The molecule has 0 spiro atoms. The smallest absolute Gasteiger partial charge is 0.267 e. The number of fused-ring (bicyclic) bond motifs is 1. The van der Waals surface area contributed by atoms with Crippen LogP contribution in [0.2, 0.25) is 5.02 Å². The Labute approximate surface area is 202 Å². The molecule has 0 fully saturated rings. The van der Waals surface area contributed by atoms with E-state index < -0.39 is 0 Å². The van der Waals surface area contributed by atoms with E-state index in [2.05, 4.69) is 28.7 Å². The fourth-order valence-corrected chi connectivity index (χ4v) is 4.29. The molecule has 0 saturated heterocycles. The lowest BCUT2D eigenvalue weighted by Crippen LogP contribution is -2.22. The van der Waals surface area contributed by atoms with E-state index in [1.807, 2.05) is 48.5 Å². The van der Waals surface area contributed by atoms with Gasteiger partial charge in [0.1, 0.15) is 11.6 Å². The zero-order chi connectivity index (χ0) is 23.7. The van der Waals surface area contributed by atoms with Gasteiger partial charge in [0.15, 0.2) is 0 Å². The van der Waals surface area contributed by atoms with Crippen molar-refractivity contribution in [3.8, 4) is 28.5 Å². The Morgan fingerprint density at radius 1 is 0.971 bits per heavy atom. The summed E-state index contributed by atoms with van der Waals surface area (Å²) in [6.07, 6.45) is 3.59. The first-order valence-corrected chi connectivity index (χ1v) is 11.3. The summed E-state index contributed by atoms with van der Waals surface area (Å²) in [5, 5.41) is 1.03. The lowest BCUT2D eigenvalue weighted by molar-refractivity contribution is 0.163. The van der Waals surface area contributed by atoms with Gasteiger partial charge in [-0.05, 0) is 48.9 Å². The van der Waals surface area contributed by atoms with Gasteiger partial charge in [-0.3, -0.25) is 4.79 Å². The SMILES string of the molecule is COCC(C)n1cccc1-c1ccc(-c2nc3ccccc3c(=O)n2-c2ccc(Cl)cn2)cc1. The van der Waals surface area contributed by atoms with Gasteiger partial charge in [0.05, 0.1) is 28.6 Å². The largest absolute Gasteiger partial charge is 0.383 e. The molecule has 1 atom stereocenters. The molecule has 5 rings (SSSR count). The van der Waals surface area contributed by atoms with E-state index in [1.165, 1.54) is 10.8 Å². The Balaban J connectivity index is 1.64. The predicted octanol–water partition coefficient (Wildman–Crippen LogP) is 5.78. The van der Waals surface area contributed by atoms with Crippen LogP contribution in [0.25, 0.3) is 39.4 Å².